The molecule has 1 aliphatic rings. The van der Waals surface area contributed by atoms with Crippen LogP contribution in [0.5, 0.6) is 0 Å². The summed E-state index contributed by atoms with van der Waals surface area (Å²) in [5.41, 5.74) is 2.26. The van der Waals surface area contributed by atoms with Crippen LogP contribution in [0.1, 0.15) is 11.1 Å². The maximum absolute atomic E-state index is 12.7. The molecule has 3 rings (SSSR count). The fraction of sp³-hybridized carbons (Fsp3) is 0.571. The van der Waals surface area contributed by atoms with Crippen LogP contribution in [0.25, 0.3) is 11.0 Å². The SMILES string of the molecule is Cc1cc(C)c2nonc2c1S(=O)(=O)NCCN1CCNCC1.Cl. The highest BCUT2D eigenvalue weighted by molar-refractivity contribution is 7.89. The minimum Gasteiger partial charge on any atom is -0.314 e. The van der Waals surface area contributed by atoms with E-state index in [-0.39, 0.29) is 22.8 Å². The maximum Gasteiger partial charge on any atom is 0.243 e. The van der Waals surface area contributed by atoms with Crippen LogP contribution in [0.3, 0.4) is 0 Å². The Kier molecular flexibility index (Phi) is 6.16. The van der Waals surface area contributed by atoms with Crippen LogP contribution >= 0.6 is 12.4 Å². The van der Waals surface area contributed by atoms with Gasteiger partial charge in [0.05, 0.1) is 0 Å². The number of aromatic nitrogens is 2. The predicted octanol–water partition coefficient (Wildman–Crippen LogP) is 0.445. The van der Waals surface area contributed by atoms with Gasteiger partial charge >= 0.3 is 0 Å². The molecule has 8 nitrogen and oxygen atoms in total. The Bertz CT molecular complexity index is 802. The normalized spacial score (nSPS) is 16.2. The number of benzene rings is 1. The number of rotatable bonds is 5. The number of aryl methyl sites for hydroxylation is 2. The zero-order valence-electron chi connectivity index (χ0n) is 13.7. The molecule has 1 saturated heterocycles. The standard InChI is InChI=1S/C14H21N5O3S.ClH/c1-10-9-11(2)14(13-12(10)17-22-18-13)23(20,21)16-5-8-19-6-3-15-4-7-19;/h9,15-16H,3-8H2,1-2H3;1H. The van der Waals surface area contributed by atoms with Gasteiger partial charge in [-0.05, 0) is 35.3 Å². The van der Waals surface area contributed by atoms with Crippen molar-refractivity contribution in [2.24, 2.45) is 0 Å². The topological polar surface area (TPSA) is 100 Å². The fourth-order valence-electron chi connectivity index (χ4n) is 2.93. The molecule has 2 N–H and O–H groups in total. The molecule has 0 saturated carbocycles. The van der Waals surface area contributed by atoms with E-state index in [4.69, 9.17) is 4.63 Å². The van der Waals surface area contributed by atoms with Crippen molar-refractivity contribution in [3.8, 4) is 0 Å². The molecule has 0 aliphatic carbocycles. The highest BCUT2D eigenvalue weighted by Gasteiger charge is 2.24. The Morgan fingerprint density at radius 3 is 2.58 bits per heavy atom. The highest BCUT2D eigenvalue weighted by atomic mass is 35.5. The predicted molar refractivity (Wildman–Crippen MR) is 93.0 cm³/mol. The molecule has 1 fully saturated rings. The van der Waals surface area contributed by atoms with E-state index in [1.807, 2.05) is 6.92 Å². The van der Waals surface area contributed by atoms with Gasteiger partial charge in [0.1, 0.15) is 10.4 Å². The summed E-state index contributed by atoms with van der Waals surface area (Å²) in [6.07, 6.45) is 0. The lowest BCUT2D eigenvalue weighted by atomic mass is 10.1. The monoisotopic (exact) mass is 375 g/mol. The smallest absolute Gasteiger partial charge is 0.243 e. The minimum atomic E-state index is -3.66. The molecule has 2 aromatic rings. The Balaban J connectivity index is 0.00000208. The molecule has 1 aromatic heterocycles. The molecule has 0 bridgehead atoms. The molecule has 24 heavy (non-hydrogen) atoms. The van der Waals surface area contributed by atoms with Crippen molar-refractivity contribution in [2.45, 2.75) is 18.7 Å². The van der Waals surface area contributed by atoms with Gasteiger partial charge in [0.15, 0.2) is 5.52 Å². The number of hydrogen-bond acceptors (Lipinski definition) is 7. The number of fused-ring (bicyclic) bond motifs is 1. The van der Waals surface area contributed by atoms with E-state index in [1.165, 1.54) is 0 Å². The third-order valence-electron chi connectivity index (χ3n) is 4.07. The fourth-order valence-corrected chi connectivity index (χ4v) is 4.30. The van der Waals surface area contributed by atoms with Gasteiger partial charge in [-0.15, -0.1) is 12.4 Å². The molecule has 10 heteroatoms. The van der Waals surface area contributed by atoms with Gasteiger partial charge in [0, 0.05) is 39.3 Å². The summed E-state index contributed by atoms with van der Waals surface area (Å²) in [4.78, 5) is 2.38. The van der Waals surface area contributed by atoms with E-state index >= 15 is 0 Å². The summed E-state index contributed by atoms with van der Waals surface area (Å²) >= 11 is 0. The second-order valence-corrected chi connectivity index (χ2v) is 7.49. The van der Waals surface area contributed by atoms with E-state index in [1.54, 1.807) is 13.0 Å². The van der Waals surface area contributed by atoms with E-state index < -0.39 is 10.0 Å². The second kappa shape index (κ2) is 7.75. The second-order valence-electron chi connectivity index (χ2n) is 5.79. The van der Waals surface area contributed by atoms with Gasteiger partial charge in [-0.1, -0.05) is 6.07 Å². The molecule has 134 valence electrons. The van der Waals surface area contributed by atoms with E-state index in [0.29, 0.717) is 24.2 Å². The van der Waals surface area contributed by atoms with Crippen LogP contribution in [0.15, 0.2) is 15.6 Å². The van der Waals surface area contributed by atoms with Crippen molar-refractivity contribution in [3.63, 3.8) is 0 Å². The molecule has 0 amide bonds. The Labute approximate surface area is 147 Å². The molecule has 0 atom stereocenters. The number of nitrogens with zero attached hydrogens (tertiary/aromatic N) is 3. The minimum absolute atomic E-state index is 0. The summed E-state index contributed by atoms with van der Waals surface area (Å²) in [5, 5.41) is 10.8. The lowest BCUT2D eigenvalue weighted by Gasteiger charge is -2.27. The number of hydrogen-bond donors (Lipinski definition) is 2. The van der Waals surface area contributed by atoms with Gasteiger partial charge in [-0.25, -0.2) is 17.8 Å². The van der Waals surface area contributed by atoms with Gasteiger partial charge in [0.25, 0.3) is 0 Å². The number of sulfonamides is 1. The third-order valence-corrected chi connectivity index (χ3v) is 5.70. The van der Waals surface area contributed by atoms with Crippen LogP contribution in [0.2, 0.25) is 0 Å². The summed E-state index contributed by atoms with van der Waals surface area (Å²) in [7, 11) is -3.66. The van der Waals surface area contributed by atoms with Gasteiger partial charge in [-0.3, -0.25) is 4.90 Å². The van der Waals surface area contributed by atoms with E-state index in [2.05, 4.69) is 25.3 Å². The average Bonchev–Trinajstić information content (AvgIpc) is 2.97. The Hall–Kier alpha value is -1.26. The molecule has 0 spiro atoms. The van der Waals surface area contributed by atoms with Crippen molar-refractivity contribution in [3.05, 3.63) is 17.2 Å². The lowest BCUT2D eigenvalue weighted by Crippen LogP contribution is -2.46. The first kappa shape index (κ1) is 19.1. The van der Waals surface area contributed by atoms with Crippen LogP contribution in [-0.2, 0) is 10.0 Å². The molecule has 1 aliphatic heterocycles. The van der Waals surface area contributed by atoms with Crippen molar-refractivity contribution >= 4 is 33.5 Å². The number of halogens is 1. The highest BCUT2D eigenvalue weighted by Crippen LogP contribution is 2.26. The number of piperazine rings is 1. The Morgan fingerprint density at radius 2 is 1.88 bits per heavy atom. The molecule has 0 radical (unpaired) electrons. The first-order valence-corrected chi connectivity index (χ1v) is 9.12. The summed E-state index contributed by atoms with van der Waals surface area (Å²) < 4.78 is 32.7. The largest absolute Gasteiger partial charge is 0.314 e. The van der Waals surface area contributed by atoms with Gasteiger partial charge < -0.3 is 5.32 Å². The molecule has 0 unspecified atom stereocenters. The lowest BCUT2D eigenvalue weighted by molar-refractivity contribution is 0.245. The maximum atomic E-state index is 12.7. The van der Waals surface area contributed by atoms with Crippen molar-refractivity contribution in [2.75, 3.05) is 39.3 Å². The van der Waals surface area contributed by atoms with Crippen LogP contribution < -0.4 is 10.0 Å². The third kappa shape index (κ3) is 3.86. The van der Waals surface area contributed by atoms with Crippen LogP contribution in [0, 0.1) is 13.8 Å². The molecular formula is C14H22ClN5O3S. The van der Waals surface area contributed by atoms with Crippen LogP contribution in [-0.4, -0.2) is 62.9 Å². The molecule has 1 aromatic carbocycles. The average molecular weight is 376 g/mol. The molecular weight excluding hydrogens is 354 g/mol. The van der Waals surface area contributed by atoms with Crippen molar-refractivity contribution < 1.29 is 13.0 Å². The number of nitrogens with one attached hydrogen (secondary N) is 2. The zero-order chi connectivity index (χ0) is 16.4. The van der Waals surface area contributed by atoms with Crippen molar-refractivity contribution in [1.82, 2.24) is 25.3 Å². The van der Waals surface area contributed by atoms with Gasteiger partial charge in [-0.2, -0.15) is 0 Å². The Morgan fingerprint density at radius 1 is 1.21 bits per heavy atom. The summed E-state index contributed by atoms with van der Waals surface area (Å²) in [6.45, 7) is 8.41. The quantitative estimate of drug-likeness (QED) is 0.782. The van der Waals surface area contributed by atoms with Crippen molar-refractivity contribution in [1.29, 1.82) is 0 Å². The van der Waals surface area contributed by atoms with E-state index in [0.717, 1.165) is 31.7 Å². The van der Waals surface area contributed by atoms with E-state index in [9.17, 15) is 8.42 Å². The zero-order valence-corrected chi connectivity index (χ0v) is 15.3. The summed E-state index contributed by atoms with van der Waals surface area (Å²) in [6, 6.07) is 1.79. The van der Waals surface area contributed by atoms with Gasteiger partial charge in [0.2, 0.25) is 10.0 Å². The summed E-state index contributed by atoms with van der Waals surface area (Å²) in [5.74, 6) is 0. The van der Waals surface area contributed by atoms with Crippen LogP contribution in [0.4, 0.5) is 0 Å². The first-order chi connectivity index (χ1) is 11.0. The molecule has 2 heterocycles. The first-order valence-electron chi connectivity index (χ1n) is 7.64.